The minimum atomic E-state index is -0.0488. The van der Waals surface area contributed by atoms with Gasteiger partial charge in [0, 0.05) is 11.4 Å². The Balaban J connectivity index is 2.76. The topological polar surface area (TPSA) is 37.3 Å². The van der Waals surface area contributed by atoms with Gasteiger partial charge >= 0.3 is 0 Å². The molecule has 0 saturated heterocycles. The van der Waals surface area contributed by atoms with Crippen LogP contribution in [0.2, 0.25) is 5.02 Å². The fraction of sp³-hybridized carbons (Fsp3) is 0.300. The maximum absolute atomic E-state index is 10.1. The van der Waals surface area contributed by atoms with E-state index >= 15 is 0 Å². The van der Waals surface area contributed by atoms with Crippen LogP contribution in [0.15, 0.2) is 18.2 Å². The van der Waals surface area contributed by atoms with E-state index in [1.54, 1.807) is 12.1 Å². The number of aliphatic hydroxyl groups excluding tert-OH is 1. The third kappa shape index (κ3) is 2.83. The zero-order valence-corrected chi connectivity index (χ0v) is 7.92. The van der Waals surface area contributed by atoms with Gasteiger partial charge in [0.15, 0.2) is 0 Å². The van der Waals surface area contributed by atoms with Crippen LogP contribution in [-0.2, 0) is 17.8 Å². The van der Waals surface area contributed by atoms with Gasteiger partial charge in [0.1, 0.15) is 6.29 Å². The predicted octanol–water partition coefficient (Wildman–Crippen LogP) is 1.96. The molecule has 1 rings (SSSR count). The first-order chi connectivity index (χ1) is 6.27. The zero-order chi connectivity index (χ0) is 9.68. The molecule has 0 spiro atoms. The number of aryl methyl sites for hydroxylation is 1. The summed E-state index contributed by atoms with van der Waals surface area (Å²) in [7, 11) is 0. The van der Waals surface area contributed by atoms with E-state index in [-0.39, 0.29) is 6.61 Å². The molecule has 1 aromatic rings. The molecule has 0 atom stereocenters. The van der Waals surface area contributed by atoms with Gasteiger partial charge in [-0.3, -0.25) is 0 Å². The Labute approximate surface area is 82.2 Å². The summed E-state index contributed by atoms with van der Waals surface area (Å²) in [5.41, 5.74) is 1.74. The third-order valence-electron chi connectivity index (χ3n) is 1.84. The highest BCUT2D eigenvalue weighted by molar-refractivity contribution is 6.31. The van der Waals surface area contributed by atoms with Gasteiger partial charge in [-0.05, 0) is 23.6 Å². The van der Waals surface area contributed by atoms with Crippen molar-refractivity contribution in [3.8, 4) is 0 Å². The zero-order valence-electron chi connectivity index (χ0n) is 7.16. The Morgan fingerprint density at radius 1 is 1.46 bits per heavy atom. The van der Waals surface area contributed by atoms with Gasteiger partial charge in [-0.15, -0.1) is 0 Å². The summed E-state index contributed by atoms with van der Waals surface area (Å²) in [5.74, 6) is 0. The highest BCUT2D eigenvalue weighted by Crippen LogP contribution is 2.18. The third-order valence-corrected chi connectivity index (χ3v) is 2.19. The molecular weight excluding hydrogens is 188 g/mol. The van der Waals surface area contributed by atoms with Crippen LogP contribution in [0.25, 0.3) is 0 Å². The van der Waals surface area contributed by atoms with E-state index in [2.05, 4.69) is 0 Å². The van der Waals surface area contributed by atoms with Gasteiger partial charge < -0.3 is 9.90 Å². The van der Waals surface area contributed by atoms with E-state index in [1.807, 2.05) is 6.07 Å². The molecule has 0 amide bonds. The lowest BCUT2D eigenvalue weighted by Crippen LogP contribution is -1.90. The average molecular weight is 199 g/mol. The van der Waals surface area contributed by atoms with Crippen LogP contribution in [0.4, 0.5) is 0 Å². The molecule has 13 heavy (non-hydrogen) atoms. The predicted molar refractivity (Wildman–Crippen MR) is 51.8 cm³/mol. The highest BCUT2D eigenvalue weighted by Gasteiger charge is 2.00. The summed E-state index contributed by atoms with van der Waals surface area (Å²) in [4.78, 5) is 10.1. The van der Waals surface area contributed by atoms with Crippen molar-refractivity contribution in [2.75, 3.05) is 0 Å². The second kappa shape index (κ2) is 5.00. The first-order valence-electron chi connectivity index (χ1n) is 4.09. The summed E-state index contributed by atoms with van der Waals surface area (Å²) in [6, 6.07) is 5.44. The van der Waals surface area contributed by atoms with Gasteiger partial charge in [-0.25, -0.2) is 0 Å². The van der Waals surface area contributed by atoms with Gasteiger partial charge in [-0.1, -0.05) is 23.7 Å². The van der Waals surface area contributed by atoms with Crippen LogP contribution in [-0.4, -0.2) is 11.4 Å². The highest BCUT2D eigenvalue weighted by atomic mass is 35.5. The van der Waals surface area contributed by atoms with Crippen molar-refractivity contribution >= 4 is 17.9 Å². The summed E-state index contributed by atoms with van der Waals surface area (Å²) in [6.07, 6.45) is 2.09. The van der Waals surface area contributed by atoms with Crippen molar-refractivity contribution in [2.45, 2.75) is 19.4 Å². The van der Waals surface area contributed by atoms with E-state index in [0.29, 0.717) is 17.9 Å². The molecule has 0 aliphatic rings. The largest absolute Gasteiger partial charge is 0.392 e. The number of hydrogen-bond acceptors (Lipinski definition) is 2. The summed E-state index contributed by atoms with van der Waals surface area (Å²) < 4.78 is 0. The second-order valence-electron chi connectivity index (χ2n) is 2.79. The summed E-state index contributed by atoms with van der Waals surface area (Å²) in [5, 5.41) is 9.41. The van der Waals surface area contributed by atoms with E-state index in [4.69, 9.17) is 16.7 Å². The number of benzene rings is 1. The molecule has 0 heterocycles. The molecule has 1 aromatic carbocycles. The molecule has 0 fully saturated rings. The minimum absolute atomic E-state index is 0.0488. The molecular formula is C10H11ClO2. The van der Waals surface area contributed by atoms with Crippen LogP contribution in [0.5, 0.6) is 0 Å². The number of rotatable bonds is 4. The Hall–Kier alpha value is -0.860. The van der Waals surface area contributed by atoms with Crippen LogP contribution in [0.1, 0.15) is 17.5 Å². The van der Waals surface area contributed by atoms with Gasteiger partial charge in [0.25, 0.3) is 0 Å². The Kier molecular flexibility index (Phi) is 3.93. The molecule has 70 valence electrons. The fourth-order valence-corrected chi connectivity index (χ4v) is 1.36. The van der Waals surface area contributed by atoms with Crippen LogP contribution < -0.4 is 0 Å². The molecule has 0 saturated carbocycles. The van der Waals surface area contributed by atoms with E-state index in [1.165, 1.54) is 0 Å². The summed E-state index contributed by atoms with van der Waals surface area (Å²) in [6.45, 7) is -0.0488. The minimum Gasteiger partial charge on any atom is -0.392 e. The number of halogens is 1. The SMILES string of the molecule is O=CCCc1ccc(CO)c(Cl)c1. The monoisotopic (exact) mass is 198 g/mol. The van der Waals surface area contributed by atoms with Gasteiger partial charge in [-0.2, -0.15) is 0 Å². The van der Waals surface area contributed by atoms with Crippen molar-refractivity contribution in [2.24, 2.45) is 0 Å². The first-order valence-corrected chi connectivity index (χ1v) is 4.47. The van der Waals surface area contributed by atoms with Gasteiger partial charge in [0.05, 0.1) is 6.61 Å². The second-order valence-corrected chi connectivity index (χ2v) is 3.20. The molecule has 2 nitrogen and oxygen atoms in total. The van der Waals surface area contributed by atoms with Crippen LogP contribution in [0, 0.1) is 0 Å². The number of carbonyl (C=O) groups is 1. The molecule has 0 radical (unpaired) electrons. The molecule has 0 aromatic heterocycles. The normalized spacial score (nSPS) is 10.0. The van der Waals surface area contributed by atoms with E-state index in [9.17, 15) is 4.79 Å². The van der Waals surface area contributed by atoms with Crippen molar-refractivity contribution in [3.05, 3.63) is 34.3 Å². The first kappa shape index (κ1) is 10.2. The molecule has 1 N–H and O–H groups in total. The van der Waals surface area contributed by atoms with E-state index in [0.717, 1.165) is 17.4 Å². The Bertz CT molecular complexity index is 297. The van der Waals surface area contributed by atoms with Crippen molar-refractivity contribution in [1.29, 1.82) is 0 Å². The van der Waals surface area contributed by atoms with Crippen molar-refractivity contribution in [3.63, 3.8) is 0 Å². The van der Waals surface area contributed by atoms with Gasteiger partial charge in [0.2, 0.25) is 0 Å². The lowest BCUT2D eigenvalue weighted by atomic mass is 10.1. The lowest BCUT2D eigenvalue weighted by molar-refractivity contribution is -0.107. The standard InChI is InChI=1S/C10H11ClO2/c11-10-6-8(2-1-5-12)3-4-9(10)7-13/h3-6,13H,1-2,7H2. The lowest BCUT2D eigenvalue weighted by Gasteiger charge is -2.02. The molecule has 0 unspecified atom stereocenters. The fourth-order valence-electron chi connectivity index (χ4n) is 1.10. The average Bonchev–Trinajstić information content (AvgIpc) is 2.15. The van der Waals surface area contributed by atoms with Crippen molar-refractivity contribution in [1.82, 2.24) is 0 Å². The molecule has 0 bridgehead atoms. The number of aldehydes is 1. The number of hydrogen-bond donors (Lipinski definition) is 1. The summed E-state index contributed by atoms with van der Waals surface area (Å²) >= 11 is 5.86. The molecule has 3 heteroatoms. The molecule has 0 aliphatic heterocycles. The van der Waals surface area contributed by atoms with E-state index < -0.39 is 0 Å². The maximum Gasteiger partial charge on any atom is 0.120 e. The number of aliphatic hydroxyl groups is 1. The van der Waals surface area contributed by atoms with Crippen LogP contribution >= 0.6 is 11.6 Å². The Morgan fingerprint density at radius 2 is 2.23 bits per heavy atom. The van der Waals surface area contributed by atoms with Crippen LogP contribution in [0.3, 0.4) is 0 Å². The molecule has 0 aliphatic carbocycles. The maximum atomic E-state index is 10.1. The van der Waals surface area contributed by atoms with Crippen molar-refractivity contribution < 1.29 is 9.90 Å². The Morgan fingerprint density at radius 3 is 2.77 bits per heavy atom. The quantitative estimate of drug-likeness (QED) is 0.752. The smallest absolute Gasteiger partial charge is 0.120 e. The number of carbonyl (C=O) groups excluding carboxylic acids is 1.